The number of rotatable bonds is 6. The number of allylic oxidation sites excluding steroid dienone is 2. The van der Waals surface area contributed by atoms with Gasteiger partial charge < -0.3 is 9.47 Å². The lowest BCUT2D eigenvalue weighted by Crippen LogP contribution is -2.40. The quantitative estimate of drug-likeness (QED) is 0.399. The zero-order valence-electron chi connectivity index (χ0n) is 17.6. The largest absolute Gasteiger partial charge is 0.497 e. The molecule has 2 aromatic carbocycles. The van der Waals surface area contributed by atoms with Gasteiger partial charge in [0.15, 0.2) is 12.4 Å². The Morgan fingerprint density at radius 3 is 2.19 bits per heavy atom. The first kappa shape index (κ1) is 19.3. The molecule has 0 aromatic heterocycles. The third-order valence-electron chi connectivity index (χ3n) is 7.54. The number of benzene rings is 2. The van der Waals surface area contributed by atoms with E-state index in [0.29, 0.717) is 34.6 Å². The van der Waals surface area contributed by atoms with Crippen LogP contribution in [0.3, 0.4) is 0 Å². The second kappa shape index (κ2) is 7.05. The molecular formula is C26H23NO5. The number of carbonyl (C=O) groups excluding carboxylic acids is 3. The van der Waals surface area contributed by atoms with Crippen molar-refractivity contribution in [2.75, 3.05) is 18.6 Å². The second-order valence-corrected chi connectivity index (χ2v) is 9.07. The standard InChI is InChI=1S/C26H23NO5/c1-31-15-8-6-14(7-9-15)21(28)13-32-22-5-3-2-4-20(22)27-25(29)23-16-10-11-17(19-12-18(16)19)24(23)26(27)30/h2-11,16-19,23-24H,12-13H2,1H3. The molecule has 2 saturated carbocycles. The minimum absolute atomic E-state index is 0.137. The van der Waals surface area contributed by atoms with E-state index in [1.165, 1.54) is 4.90 Å². The van der Waals surface area contributed by atoms with Crippen LogP contribution in [-0.2, 0) is 9.59 Å². The summed E-state index contributed by atoms with van der Waals surface area (Å²) in [5.41, 5.74) is 0.928. The zero-order valence-corrected chi connectivity index (χ0v) is 17.6. The number of hydrogen-bond acceptors (Lipinski definition) is 5. The van der Waals surface area contributed by atoms with E-state index in [4.69, 9.17) is 9.47 Å². The van der Waals surface area contributed by atoms with Crippen LogP contribution in [-0.4, -0.2) is 31.3 Å². The summed E-state index contributed by atoms with van der Waals surface area (Å²) in [6.07, 6.45) is 5.44. The van der Waals surface area contributed by atoms with Crippen LogP contribution in [0.2, 0.25) is 0 Å². The molecule has 0 radical (unpaired) electrons. The third-order valence-corrected chi connectivity index (χ3v) is 7.54. The molecule has 1 saturated heterocycles. The van der Waals surface area contributed by atoms with Crippen molar-refractivity contribution in [2.45, 2.75) is 6.42 Å². The first-order valence-corrected chi connectivity index (χ1v) is 11.0. The predicted octanol–water partition coefficient (Wildman–Crippen LogP) is 3.51. The van der Waals surface area contributed by atoms with Crippen LogP contribution >= 0.6 is 0 Å². The molecule has 32 heavy (non-hydrogen) atoms. The molecule has 162 valence electrons. The molecule has 6 nitrogen and oxygen atoms in total. The Hall–Kier alpha value is -3.41. The lowest BCUT2D eigenvalue weighted by Gasteiger charge is -2.37. The molecule has 3 fully saturated rings. The molecular weight excluding hydrogens is 406 g/mol. The van der Waals surface area contributed by atoms with Gasteiger partial charge in [-0.1, -0.05) is 24.3 Å². The van der Waals surface area contributed by atoms with Crippen molar-refractivity contribution in [3.05, 3.63) is 66.2 Å². The number of ether oxygens (including phenoxy) is 2. The SMILES string of the molecule is COc1ccc(C(=O)COc2ccccc2N2C(=O)C3C4C=CC(C5CC45)C3C2=O)cc1. The number of methoxy groups -OCH3 is 1. The molecule has 5 aliphatic rings. The third kappa shape index (κ3) is 2.75. The number of amides is 2. The van der Waals surface area contributed by atoms with Gasteiger partial charge in [-0.15, -0.1) is 0 Å². The highest BCUT2D eigenvalue weighted by atomic mass is 16.5. The van der Waals surface area contributed by atoms with Gasteiger partial charge in [0.2, 0.25) is 11.8 Å². The number of anilines is 1. The zero-order chi connectivity index (χ0) is 22.0. The minimum atomic E-state index is -0.268. The van der Waals surface area contributed by atoms with Gasteiger partial charge in [0.25, 0.3) is 0 Å². The Labute approximate surface area is 185 Å². The van der Waals surface area contributed by atoms with Crippen molar-refractivity contribution in [2.24, 2.45) is 35.5 Å². The second-order valence-electron chi connectivity index (χ2n) is 9.07. The van der Waals surface area contributed by atoms with E-state index in [1.807, 2.05) is 0 Å². The molecule has 0 spiro atoms. The Balaban J connectivity index is 1.24. The van der Waals surface area contributed by atoms with Crippen LogP contribution in [0, 0.1) is 35.5 Å². The van der Waals surface area contributed by atoms with Crippen molar-refractivity contribution >= 4 is 23.3 Å². The minimum Gasteiger partial charge on any atom is -0.497 e. The van der Waals surface area contributed by atoms with Gasteiger partial charge in [-0.05, 0) is 66.5 Å². The Morgan fingerprint density at radius 1 is 0.938 bits per heavy atom. The number of para-hydroxylation sites is 2. The van der Waals surface area contributed by atoms with Gasteiger partial charge in [-0.2, -0.15) is 0 Å². The van der Waals surface area contributed by atoms with Crippen LogP contribution in [0.25, 0.3) is 0 Å². The Bertz CT molecular complexity index is 1120. The van der Waals surface area contributed by atoms with Gasteiger partial charge >= 0.3 is 0 Å². The van der Waals surface area contributed by atoms with E-state index in [1.54, 1.807) is 55.6 Å². The van der Waals surface area contributed by atoms with Crippen molar-refractivity contribution in [1.29, 1.82) is 0 Å². The molecule has 6 heteroatoms. The fourth-order valence-corrected chi connectivity index (χ4v) is 5.96. The van der Waals surface area contributed by atoms with Gasteiger partial charge in [0.05, 0.1) is 24.6 Å². The molecule has 1 heterocycles. The van der Waals surface area contributed by atoms with E-state index in [-0.39, 0.29) is 47.9 Å². The van der Waals surface area contributed by atoms with Crippen molar-refractivity contribution in [3.63, 3.8) is 0 Å². The predicted molar refractivity (Wildman–Crippen MR) is 116 cm³/mol. The van der Waals surface area contributed by atoms with Crippen molar-refractivity contribution < 1.29 is 23.9 Å². The molecule has 1 aliphatic heterocycles. The van der Waals surface area contributed by atoms with Crippen LogP contribution in [0.5, 0.6) is 11.5 Å². The van der Waals surface area contributed by atoms with Crippen molar-refractivity contribution in [3.8, 4) is 11.5 Å². The average Bonchev–Trinajstić information content (AvgIpc) is 3.61. The number of Topliss-reactive ketones (excluding diaryl/α,β-unsaturated/α-hetero) is 1. The molecule has 2 aromatic rings. The smallest absolute Gasteiger partial charge is 0.238 e. The highest BCUT2D eigenvalue weighted by molar-refractivity contribution is 6.23. The summed E-state index contributed by atoms with van der Waals surface area (Å²) in [6, 6.07) is 13.8. The number of imide groups is 1. The Kier molecular flexibility index (Phi) is 4.25. The van der Waals surface area contributed by atoms with Gasteiger partial charge in [0.1, 0.15) is 11.5 Å². The maximum Gasteiger partial charge on any atom is 0.238 e. The fraction of sp³-hybridized carbons (Fsp3) is 0.346. The van der Waals surface area contributed by atoms with Crippen molar-refractivity contribution in [1.82, 2.24) is 0 Å². The highest BCUT2D eigenvalue weighted by Gasteiger charge is 2.67. The monoisotopic (exact) mass is 429 g/mol. The Morgan fingerprint density at radius 2 is 1.56 bits per heavy atom. The summed E-state index contributed by atoms with van der Waals surface area (Å²) in [4.78, 5) is 40.7. The molecule has 0 N–H and O–H groups in total. The van der Waals surface area contributed by atoms with Crippen LogP contribution in [0.4, 0.5) is 5.69 Å². The normalized spacial score (nSPS) is 31.3. The number of hydrogen-bond donors (Lipinski definition) is 0. The van der Waals surface area contributed by atoms with E-state index in [9.17, 15) is 14.4 Å². The maximum absolute atomic E-state index is 13.4. The fourth-order valence-electron chi connectivity index (χ4n) is 5.96. The molecule has 6 unspecified atom stereocenters. The first-order chi connectivity index (χ1) is 15.6. The van der Waals surface area contributed by atoms with Crippen LogP contribution in [0.15, 0.2) is 60.7 Å². The maximum atomic E-state index is 13.4. The summed E-state index contributed by atoms with van der Waals surface area (Å²) in [6.45, 7) is -0.191. The number of ketones is 1. The molecule has 7 rings (SSSR count). The highest BCUT2D eigenvalue weighted by Crippen LogP contribution is 2.65. The topological polar surface area (TPSA) is 72.9 Å². The van der Waals surface area contributed by atoms with E-state index < -0.39 is 0 Å². The van der Waals surface area contributed by atoms with Crippen LogP contribution < -0.4 is 14.4 Å². The molecule has 6 atom stereocenters. The summed E-state index contributed by atoms with van der Waals surface area (Å²) in [5.74, 6) is 1.46. The van der Waals surface area contributed by atoms with Gasteiger partial charge in [-0.25, -0.2) is 4.90 Å². The molecule has 2 bridgehead atoms. The average molecular weight is 429 g/mol. The van der Waals surface area contributed by atoms with Gasteiger partial charge in [0, 0.05) is 5.56 Å². The summed E-state index contributed by atoms with van der Waals surface area (Å²) in [7, 11) is 1.57. The summed E-state index contributed by atoms with van der Waals surface area (Å²) < 4.78 is 11.0. The lowest BCUT2D eigenvalue weighted by molar-refractivity contribution is -0.124. The van der Waals surface area contributed by atoms with E-state index in [2.05, 4.69) is 12.2 Å². The van der Waals surface area contributed by atoms with Gasteiger partial charge in [-0.3, -0.25) is 14.4 Å². The number of carbonyl (C=O) groups is 3. The molecule has 2 amide bonds. The summed E-state index contributed by atoms with van der Waals surface area (Å²) in [5, 5.41) is 0. The van der Waals surface area contributed by atoms with E-state index in [0.717, 1.165) is 6.42 Å². The summed E-state index contributed by atoms with van der Waals surface area (Å²) >= 11 is 0. The lowest BCUT2D eigenvalue weighted by atomic mass is 9.63. The van der Waals surface area contributed by atoms with Crippen LogP contribution in [0.1, 0.15) is 16.8 Å². The molecule has 4 aliphatic carbocycles. The first-order valence-electron chi connectivity index (χ1n) is 11.0. The number of nitrogens with zero attached hydrogens (tertiary/aromatic N) is 1. The van der Waals surface area contributed by atoms with E-state index >= 15 is 0 Å².